The highest BCUT2D eigenvalue weighted by atomic mass is 35.5. The number of aromatic hydroxyl groups is 1. The minimum Gasteiger partial charge on any atom is -0.508 e. The molecule has 1 aromatic heterocycles. The van der Waals surface area contributed by atoms with Crippen LogP contribution in [-0.2, 0) is 0 Å². The van der Waals surface area contributed by atoms with Crippen molar-refractivity contribution in [1.82, 2.24) is 20.2 Å². The second-order valence-corrected chi connectivity index (χ2v) is 11.2. The van der Waals surface area contributed by atoms with E-state index in [1.54, 1.807) is 18.2 Å². The van der Waals surface area contributed by atoms with Gasteiger partial charge in [0.25, 0.3) is 0 Å². The molecule has 3 atom stereocenters. The first-order valence-corrected chi connectivity index (χ1v) is 13.6. The molecule has 4 saturated heterocycles. The van der Waals surface area contributed by atoms with E-state index >= 15 is 4.39 Å². The van der Waals surface area contributed by atoms with Crippen LogP contribution in [0.5, 0.6) is 11.8 Å². The maximum atomic E-state index is 16.5. The molecule has 0 radical (unpaired) electrons. The number of nitrogens with zero attached hydrogens (tertiary/aromatic N) is 4. The van der Waals surface area contributed by atoms with Crippen molar-refractivity contribution >= 4 is 39.1 Å². The second-order valence-electron chi connectivity index (χ2n) is 10.8. The van der Waals surface area contributed by atoms with E-state index in [0.29, 0.717) is 35.5 Å². The van der Waals surface area contributed by atoms with Gasteiger partial charge >= 0.3 is 6.01 Å². The highest BCUT2D eigenvalue weighted by Crippen LogP contribution is 2.43. The van der Waals surface area contributed by atoms with Gasteiger partial charge < -0.3 is 25.0 Å². The highest BCUT2D eigenvalue weighted by Gasteiger charge is 2.38. The molecule has 4 aliphatic heterocycles. The molecule has 196 valence electrons. The number of phenols is 1. The van der Waals surface area contributed by atoms with Gasteiger partial charge in [-0.3, -0.25) is 0 Å². The molecule has 8 rings (SSSR count). The fourth-order valence-electron chi connectivity index (χ4n) is 6.26. The van der Waals surface area contributed by atoms with Gasteiger partial charge in [-0.15, -0.1) is 0 Å². The molecule has 0 saturated carbocycles. The number of likely N-dealkylation sites (N-methyl/N-ethyl adjacent to an activating group) is 1. The predicted molar refractivity (Wildman–Crippen MR) is 148 cm³/mol. The average molecular weight is 534 g/mol. The maximum absolute atomic E-state index is 16.5. The van der Waals surface area contributed by atoms with Gasteiger partial charge in [-0.2, -0.15) is 9.97 Å². The zero-order chi connectivity index (χ0) is 26.0. The van der Waals surface area contributed by atoms with Crippen LogP contribution >= 0.6 is 11.6 Å². The normalized spacial score (nSPS) is 23.2. The Labute approximate surface area is 225 Å². The standard InChI is InChI=1S/C29H29ClFN5O2/c1-35-8-4-6-19(35)15-38-29-33-27-23(28(34-29)36-13-17-10-18(14-36)32-17)12-24(30)25(26(27)31)22-11-20(37)9-16-5-2-3-7-21(16)22/h2-3,5,7,9,11-12,17-19,32,37H,4,6,8,10,13-15H2,1H3/t17?,18?,19-/m0/s1. The number of anilines is 1. The van der Waals surface area contributed by atoms with Crippen molar-refractivity contribution in [2.24, 2.45) is 0 Å². The zero-order valence-electron chi connectivity index (χ0n) is 21.1. The van der Waals surface area contributed by atoms with Crippen LogP contribution in [0.1, 0.15) is 19.3 Å². The number of nitrogens with one attached hydrogen (secondary N) is 1. The minimum absolute atomic E-state index is 0.0439. The molecule has 5 heterocycles. The van der Waals surface area contributed by atoms with Gasteiger partial charge in [-0.05, 0) is 67.4 Å². The number of benzene rings is 3. The number of rotatable bonds is 5. The van der Waals surface area contributed by atoms with Gasteiger partial charge in [0.2, 0.25) is 0 Å². The molecule has 2 unspecified atom stereocenters. The summed E-state index contributed by atoms with van der Waals surface area (Å²) in [4.78, 5) is 13.8. The minimum atomic E-state index is -0.546. The molecule has 3 aromatic carbocycles. The number of ether oxygens (including phenoxy) is 1. The first-order valence-electron chi connectivity index (χ1n) is 13.2. The highest BCUT2D eigenvalue weighted by molar-refractivity contribution is 6.35. The molecule has 2 N–H and O–H groups in total. The van der Waals surface area contributed by atoms with Crippen molar-refractivity contribution in [2.75, 3.05) is 38.2 Å². The van der Waals surface area contributed by atoms with E-state index in [9.17, 15) is 5.11 Å². The molecule has 0 aliphatic carbocycles. The summed E-state index contributed by atoms with van der Waals surface area (Å²) >= 11 is 6.80. The molecule has 4 fully saturated rings. The van der Waals surface area contributed by atoms with E-state index in [1.807, 2.05) is 24.3 Å². The van der Waals surface area contributed by atoms with Crippen molar-refractivity contribution in [3.8, 4) is 22.9 Å². The first kappa shape index (κ1) is 23.9. The Bertz CT molecular complexity index is 1550. The zero-order valence-corrected chi connectivity index (χ0v) is 21.9. The van der Waals surface area contributed by atoms with Crippen LogP contribution in [0.4, 0.5) is 10.2 Å². The number of hydrogen-bond acceptors (Lipinski definition) is 7. The summed E-state index contributed by atoms with van der Waals surface area (Å²) in [5.41, 5.74) is 0.896. The smallest absolute Gasteiger partial charge is 0.319 e. The largest absolute Gasteiger partial charge is 0.508 e. The van der Waals surface area contributed by atoms with Gasteiger partial charge in [0.15, 0.2) is 5.82 Å². The fraction of sp³-hybridized carbons (Fsp3) is 0.379. The van der Waals surface area contributed by atoms with Crippen LogP contribution in [-0.4, -0.2) is 71.4 Å². The molecule has 4 aliphatic rings. The Morgan fingerprint density at radius 3 is 2.68 bits per heavy atom. The van der Waals surface area contributed by atoms with E-state index in [4.69, 9.17) is 21.3 Å². The molecule has 4 aromatic rings. The summed E-state index contributed by atoms with van der Waals surface area (Å²) in [5.74, 6) is 0.145. The second kappa shape index (κ2) is 9.22. The van der Waals surface area contributed by atoms with Gasteiger partial charge in [-0.25, -0.2) is 4.39 Å². The van der Waals surface area contributed by atoms with Crippen molar-refractivity contribution < 1.29 is 14.2 Å². The lowest BCUT2D eigenvalue weighted by atomic mass is 9.91. The number of hydrogen-bond donors (Lipinski definition) is 2. The van der Waals surface area contributed by atoms with E-state index in [2.05, 4.69) is 27.1 Å². The monoisotopic (exact) mass is 533 g/mol. The number of phenolic OH excluding ortho intramolecular Hbond substituents is 1. The van der Waals surface area contributed by atoms with Crippen LogP contribution in [0.15, 0.2) is 42.5 Å². The molecule has 0 spiro atoms. The molecule has 9 heteroatoms. The van der Waals surface area contributed by atoms with Crippen LogP contribution in [0.3, 0.4) is 0 Å². The van der Waals surface area contributed by atoms with Gasteiger partial charge in [-0.1, -0.05) is 35.9 Å². The number of piperidine rings is 1. The van der Waals surface area contributed by atoms with Gasteiger partial charge in [0, 0.05) is 42.2 Å². The first-order chi connectivity index (χ1) is 18.4. The summed E-state index contributed by atoms with van der Waals surface area (Å²) < 4.78 is 22.7. The van der Waals surface area contributed by atoms with Crippen LogP contribution in [0.2, 0.25) is 5.02 Å². The van der Waals surface area contributed by atoms with Gasteiger partial charge in [0.1, 0.15) is 23.7 Å². The van der Waals surface area contributed by atoms with E-state index in [0.717, 1.165) is 49.7 Å². The van der Waals surface area contributed by atoms with Crippen LogP contribution in [0.25, 0.3) is 32.8 Å². The third kappa shape index (κ3) is 4.02. The number of fused-ring (bicyclic) bond motifs is 4. The SMILES string of the molecule is CN1CCC[C@H]1COc1nc(N2CC3CC(C2)N3)c2cc(Cl)c(-c3cc(O)cc4ccccc34)c(F)c2n1. The Hall–Kier alpha value is -3.20. The Balaban J connectivity index is 1.39. The average Bonchev–Trinajstić information content (AvgIpc) is 3.31. The lowest BCUT2D eigenvalue weighted by molar-refractivity contribution is 0.187. The third-order valence-electron chi connectivity index (χ3n) is 8.26. The van der Waals surface area contributed by atoms with Crippen molar-refractivity contribution in [3.05, 3.63) is 53.3 Å². The molecule has 2 bridgehead atoms. The fourth-order valence-corrected chi connectivity index (χ4v) is 6.55. The topological polar surface area (TPSA) is 73.8 Å². The van der Waals surface area contributed by atoms with E-state index in [1.165, 1.54) is 0 Å². The lowest BCUT2D eigenvalue weighted by Gasteiger charge is -2.48. The quantitative estimate of drug-likeness (QED) is 0.375. The Kier molecular flexibility index (Phi) is 5.80. The van der Waals surface area contributed by atoms with Gasteiger partial charge in [0.05, 0.1) is 5.02 Å². The summed E-state index contributed by atoms with van der Waals surface area (Å²) in [5, 5.41) is 16.4. The molecule has 0 amide bonds. The van der Waals surface area contributed by atoms with Crippen molar-refractivity contribution in [3.63, 3.8) is 0 Å². The summed E-state index contributed by atoms with van der Waals surface area (Å²) in [7, 11) is 2.09. The Morgan fingerprint density at radius 2 is 1.92 bits per heavy atom. The van der Waals surface area contributed by atoms with Crippen LogP contribution < -0.4 is 15.0 Å². The lowest BCUT2D eigenvalue weighted by Crippen LogP contribution is -2.67. The third-order valence-corrected chi connectivity index (χ3v) is 8.55. The number of piperazine rings is 1. The summed E-state index contributed by atoms with van der Waals surface area (Å²) in [6.45, 7) is 3.06. The molecule has 38 heavy (non-hydrogen) atoms. The molecular formula is C29H29ClFN5O2. The van der Waals surface area contributed by atoms with Crippen molar-refractivity contribution in [2.45, 2.75) is 37.4 Å². The molecular weight excluding hydrogens is 505 g/mol. The Morgan fingerprint density at radius 1 is 1.13 bits per heavy atom. The van der Waals surface area contributed by atoms with Crippen LogP contribution in [0, 0.1) is 5.82 Å². The van der Waals surface area contributed by atoms with E-state index in [-0.39, 0.29) is 33.9 Å². The predicted octanol–water partition coefficient (Wildman–Crippen LogP) is 4.97. The molecule has 7 nitrogen and oxygen atoms in total. The number of likely N-dealkylation sites (tertiary alicyclic amines) is 1. The maximum Gasteiger partial charge on any atom is 0.319 e. The number of halogens is 2. The van der Waals surface area contributed by atoms with Crippen molar-refractivity contribution in [1.29, 1.82) is 0 Å². The summed E-state index contributed by atoms with van der Waals surface area (Å²) in [6.07, 6.45) is 3.32. The van der Waals surface area contributed by atoms with E-state index < -0.39 is 5.82 Å². The summed E-state index contributed by atoms with van der Waals surface area (Å²) in [6, 6.07) is 13.8. The number of aromatic nitrogens is 2.